The van der Waals surface area contributed by atoms with Gasteiger partial charge in [-0.05, 0) is 55.0 Å². The van der Waals surface area contributed by atoms with Gasteiger partial charge in [0.15, 0.2) is 0 Å². The maximum Gasteiger partial charge on any atom is 0.0647 e. The fourth-order valence-corrected chi connectivity index (χ4v) is 1.83. The minimum absolute atomic E-state index is 0.0549. The SMILES string of the molecule is CNC(C)(C)CC(C)(C)OC(C)C. The molecule has 0 aliphatic rings. The molecule has 0 aromatic carbocycles. The first kappa shape index (κ1) is 12.9. The zero-order valence-electron chi connectivity index (χ0n) is 10.2. The van der Waals surface area contributed by atoms with Crippen LogP contribution in [-0.4, -0.2) is 24.3 Å². The normalized spacial score (nSPS) is 13.8. The van der Waals surface area contributed by atoms with Crippen LogP contribution in [0.5, 0.6) is 0 Å². The van der Waals surface area contributed by atoms with E-state index in [-0.39, 0.29) is 11.1 Å². The van der Waals surface area contributed by atoms with E-state index in [1.54, 1.807) is 0 Å². The Labute approximate surface area is 83.1 Å². The van der Waals surface area contributed by atoms with E-state index in [4.69, 9.17) is 4.74 Å². The molecule has 0 saturated heterocycles. The molecule has 0 radical (unpaired) electrons. The van der Waals surface area contributed by atoms with Gasteiger partial charge in [-0.3, -0.25) is 0 Å². The van der Waals surface area contributed by atoms with Crippen LogP contribution < -0.4 is 5.32 Å². The van der Waals surface area contributed by atoms with E-state index >= 15 is 0 Å². The topological polar surface area (TPSA) is 21.3 Å². The van der Waals surface area contributed by atoms with Crippen molar-refractivity contribution in [3.63, 3.8) is 0 Å². The highest BCUT2D eigenvalue weighted by atomic mass is 16.5. The second kappa shape index (κ2) is 4.43. The van der Waals surface area contributed by atoms with Crippen molar-refractivity contribution >= 4 is 0 Å². The molecule has 13 heavy (non-hydrogen) atoms. The van der Waals surface area contributed by atoms with Crippen molar-refractivity contribution in [1.82, 2.24) is 5.32 Å². The van der Waals surface area contributed by atoms with Crippen LogP contribution in [0, 0.1) is 0 Å². The van der Waals surface area contributed by atoms with E-state index in [1.165, 1.54) is 0 Å². The van der Waals surface area contributed by atoms with Crippen molar-refractivity contribution in [2.45, 2.75) is 65.2 Å². The monoisotopic (exact) mass is 187 g/mol. The van der Waals surface area contributed by atoms with Gasteiger partial charge in [0.2, 0.25) is 0 Å². The highest BCUT2D eigenvalue weighted by Gasteiger charge is 2.28. The Morgan fingerprint density at radius 2 is 1.62 bits per heavy atom. The van der Waals surface area contributed by atoms with Gasteiger partial charge in [-0.1, -0.05) is 0 Å². The quantitative estimate of drug-likeness (QED) is 0.714. The first-order valence-corrected chi connectivity index (χ1v) is 5.05. The van der Waals surface area contributed by atoms with Crippen LogP contribution in [0.4, 0.5) is 0 Å². The van der Waals surface area contributed by atoms with Crippen LogP contribution in [0.3, 0.4) is 0 Å². The highest BCUT2D eigenvalue weighted by molar-refractivity contribution is 4.85. The zero-order valence-corrected chi connectivity index (χ0v) is 10.2. The summed E-state index contributed by atoms with van der Waals surface area (Å²) in [5.41, 5.74) is 0.0824. The Kier molecular flexibility index (Phi) is 4.40. The first-order chi connectivity index (χ1) is 5.68. The highest BCUT2D eigenvalue weighted by Crippen LogP contribution is 2.24. The number of ether oxygens (including phenoxy) is 1. The van der Waals surface area contributed by atoms with Gasteiger partial charge < -0.3 is 10.1 Å². The molecule has 0 aromatic heterocycles. The van der Waals surface area contributed by atoms with Gasteiger partial charge in [0.1, 0.15) is 0 Å². The number of hydrogen-bond donors (Lipinski definition) is 1. The van der Waals surface area contributed by atoms with Gasteiger partial charge in [0, 0.05) is 5.54 Å². The predicted octanol–water partition coefficient (Wildman–Crippen LogP) is 2.58. The van der Waals surface area contributed by atoms with Crippen molar-refractivity contribution in [2.24, 2.45) is 0 Å². The second-order valence-electron chi connectivity index (χ2n) is 5.24. The molecule has 0 heterocycles. The summed E-state index contributed by atoms with van der Waals surface area (Å²) in [5, 5.41) is 3.29. The zero-order chi connectivity index (χ0) is 10.7. The molecule has 0 bridgehead atoms. The summed E-state index contributed by atoms with van der Waals surface area (Å²) in [5.74, 6) is 0. The van der Waals surface area contributed by atoms with Crippen LogP contribution in [-0.2, 0) is 4.74 Å². The number of rotatable bonds is 5. The fraction of sp³-hybridized carbons (Fsp3) is 1.00. The predicted molar refractivity (Wildman–Crippen MR) is 58.1 cm³/mol. The summed E-state index contributed by atoms with van der Waals surface area (Å²) < 4.78 is 5.84. The standard InChI is InChI=1S/C11H25NO/c1-9(2)13-11(5,6)8-10(3,4)12-7/h9,12H,8H2,1-7H3. The molecule has 0 aliphatic heterocycles. The van der Waals surface area contributed by atoms with E-state index in [2.05, 4.69) is 46.9 Å². The lowest BCUT2D eigenvalue weighted by atomic mass is 9.89. The molecule has 0 saturated carbocycles. The van der Waals surface area contributed by atoms with Gasteiger partial charge in [-0.2, -0.15) is 0 Å². The third-order valence-corrected chi connectivity index (χ3v) is 2.10. The molecule has 2 nitrogen and oxygen atoms in total. The van der Waals surface area contributed by atoms with Crippen LogP contribution in [0.2, 0.25) is 0 Å². The summed E-state index contributed by atoms with van der Waals surface area (Å²) in [6.45, 7) is 12.8. The van der Waals surface area contributed by atoms with Crippen molar-refractivity contribution in [3.05, 3.63) is 0 Å². The maximum atomic E-state index is 5.84. The second-order valence-corrected chi connectivity index (χ2v) is 5.24. The summed E-state index contributed by atoms with van der Waals surface area (Å²) in [6.07, 6.45) is 1.30. The molecular weight excluding hydrogens is 162 g/mol. The van der Waals surface area contributed by atoms with Gasteiger partial charge in [-0.15, -0.1) is 0 Å². The van der Waals surface area contributed by atoms with Crippen molar-refractivity contribution in [3.8, 4) is 0 Å². The summed E-state index contributed by atoms with van der Waals surface area (Å²) in [6, 6.07) is 0. The molecule has 0 fully saturated rings. The summed E-state index contributed by atoms with van der Waals surface area (Å²) in [4.78, 5) is 0. The van der Waals surface area contributed by atoms with Gasteiger partial charge >= 0.3 is 0 Å². The molecular formula is C11H25NO. The van der Waals surface area contributed by atoms with E-state index in [0.717, 1.165) is 6.42 Å². The van der Waals surface area contributed by atoms with E-state index in [9.17, 15) is 0 Å². The Morgan fingerprint density at radius 3 is 1.92 bits per heavy atom. The molecule has 80 valence electrons. The van der Waals surface area contributed by atoms with Gasteiger partial charge in [0.25, 0.3) is 0 Å². The third-order valence-electron chi connectivity index (χ3n) is 2.10. The Morgan fingerprint density at radius 1 is 1.15 bits per heavy atom. The summed E-state index contributed by atoms with van der Waals surface area (Å²) in [7, 11) is 1.99. The number of nitrogens with one attached hydrogen (secondary N) is 1. The molecule has 0 amide bonds. The lowest BCUT2D eigenvalue weighted by Crippen LogP contribution is -2.44. The Bertz CT molecular complexity index is 150. The minimum atomic E-state index is -0.0549. The average molecular weight is 187 g/mol. The van der Waals surface area contributed by atoms with Gasteiger partial charge in [-0.25, -0.2) is 0 Å². The van der Waals surface area contributed by atoms with Crippen molar-refractivity contribution in [1.29, 1.82) is 0 Å². The summed E-state index contributed by atoms with van der Waals surface area (Å²) >= 11 is 0. The van der Waals surface area contributed by atoms with Crippen LogP contribution in [0.15, 0.2) is 0 Å². The largest absolute Gasteiger partial charge is 0.373 e. The van der Waals surface area contributed by atoms with E-state index in [1.807, 2.05) is 7.05 Å². The smallest absolute Gasteiger partial charge is 0.0647 e. The molecule has 0 unspecified atom stereocenters. The molecule has 2 heteroatoms. The lowest BCUT2D eigenvalue weighted by Gasteiger charge is -2.36. The molecule has 0 atom stereocenters. The lowest BCUT2D eigenvalue weighted by molar-refractivity contribution is -0.0715. The minimum Gasteiger partial charge on any atom is -0.373 e. The Hall–Kier alpha value is -0.0800. The van der Waals surface area contributed by atoms with Crippen LogP contribution in [0.1, 0.15) is 48.0 Å². The van der Waals surface area contributed by atoms with E-state index < -0.39 is 0 Å². The average Bonchev–Trinajstić information content (AvgIpc) is 1.81. The van der Waals surface area contributed by atoms with Crippen LogP contribution in [0.25, 0.3) is 0 Å². The third kappa shape index (κ3) is 6.05. The molecule has 0 aliphatic carbocycles. The number of hydrogen-bond acceptors (Lipinski definition) is 2. The van der Waals surface area contributed by atoms with Crippen molar-refractivity contribution < 1.29 is 4.74 Å². The molecule has 0 spiro atoms. The van der Waals surface area contributed by atoms with Gasteiger partial charge in [0.05, 0.1) is 11.7 Å². The Balaban J connectivity index is 4.16. The molecule has 0 aromatic rings. The fourth-order valence-electron chi connectivity index (χ4n) is 1.83. The maximum absolute atomic E-state index is 5.84. The molecule has 0 rings (SSSR count). The molecule has 1 N–H and O–H groups in total. The first-order valence-electron chi connectivity index (χ1n) is 5.05. The van der Waals surface area contributed by atoms with Crippen molar-refractivity contribution in [2.75, 3.05) is 7.05 Å². The van der Waals surface area contributed by atoms with E-state index in [0.29, 0.717) is 6.10 Å². The van der Waals surface area contributed by atoms with Crippen LogP contribution >= 0.6 is 0 Å².